The Morgan fingerprint density at radius 1 is 1.17 bits per heavy atom. The molecule has 1 aliphatic heterocycles. The number of hydrogen-bond acceptors (Lipinski definition) is 4. The minimum Gasteiger partial charge on any atom is -0.388 e. The molecule has 1 saturated heterocycles. The molecule has 0 spiro atoms. The predicted octanol–water partition coefficient (Wildman–Crippen LogP) is 0.716. The minimum absolute atomic E-state index is 0.0938. The van der Waals surface area contributed by atoms with E-state index in [-0.39, 0.29) is 11.5 Å². The summed E-state index contributed by atoms with van der Waals surface area (Å²) in [5.41, 5.74) is 0.282. The Morgan fingerprint density at radius 2 is 1.78 bits per heavy atom. The number of hydrogen-bond donors (Lipinski definition) is 2. The van der Waals surface area contributed by atoms with E-state index in [1.807, 2.05) is 30.3 Å². The molecule has 0 aliphatic carbocycles. The van der Waals surface area contributed by atoms with E-state index in [0.29, 0.717) is 25.9 Å². The molecule has 0 radical (unpaired) electrons. The van der Waals surface area contributed by atoms with Gasteiger partial charge in [-0.05, 0) is 18.4 Å². The average Bonchev–Trinajstić information content (AvgIpc) is 2.35. The van der Waals surface area contributed by atoms with Crippen LogP contribution in [-0.4, -0.2) is 37.2 Å². The molecule has 2 N–H and O–H groups in total. The first-order valence-corrected chi connectivity index (χ1v) is 7.99. The van der Waals surface area contributed by atoms with Gasteiger partial charge in [0.05, 0.1) is 17.1 Å². The summed E-state index contributed by atoms with van der Waals surface area (Å²) in [6, 6.07) is 9.94. The van der Waals surface area contributed by atoms with E-state index in [1.54, 1.807) is 0 Å². The maximum Gasteiger partial charge on any atom is 0.150 e. The third-order valence-corrected chi connectivity index (χ3v) is 5.04. The molecule has 18 heavy (non-hydrogen) atoms. The Hall–Kier alpha value is -0.910. The summed E-state index contributed by atoms with van der Waals surface area (Å²) in [5, 5.41) is 13.4. The zero-order valence-electron chi connectivity index (χ0n) is 10.3. The number of aliphatic hydroxyl groups is 1. The average molecular weight is 269 g/mol. The van der Waals surface area contributed by atoms with E-state index < -0.39 is 15.4 Å². The number of sulfone groups is 1. The van der Waals surface area contributed by atoms with E-state index >= 15 is 0 Å². The first-order chi connectivity index (χ1) is 8.49. The fourth-order valence-corrected chi connectivity index (χ4v) is 3.72. The largest absolute Gasteiger partial charge is 0.388 e. The van der Waals surface area contributed by atoms with Gasteiger partial charge in [-0.15, -0.1) is 0 Å². The molecule has 1 heterocycles. The Labute approximate surface area is 108 Å². The van der Waals surface area contributed by atoms with Gasteiger partial charge in [0.15, 0.2) is 9.84 Å². The van der Waals surface area contributed by atoms with Crippen LogP contribution in [0.3, 0.4) is 0 Å². The van der Waals surface area contributed by atoms with Crippen molar-refractivity contribution in [3.63, 3.8) is 0 Å². The Bertz CT molecular complexity index is 470. The summed E-state index contributed by atoms with van der Waals surface area (Å²) in [7, 11) is -2.92. The molecule has 1 aromatic carbocycles. The number of benzene rings is 1. The van der Waals surface area contributed by atoms with Crippen molar-refractivity contribution in [1.82, 2.24) is 5.32 Å². The lowest BCUT2D eigenvalue weighted by atomic mass is 9.97. The van der Waals surface area contributed by atoms with Crippen LogP contribution in [-0.2, 0) is 16.4 Å². The van der Waals surface area contributed by atoms with Gasteiger partial charge in [0.1, 0.15) is 0 Å². The molecular formula is C13H19NO3S. The quantitative estimate of drug-likeness (QED) is 0.845. The summed E-state index contributed by atoms with van der Waals surface area (Å²) in [6.45, 7) is 1.13. The van der Waals surface area contributed by atoms with Crippen molar-refractivity contribution in [3.05, 3.63) is 35.9 Å². The van der Waals surface area contributed by atoms with Gasteiger partial charge >= 0.3 is 0 Å². The lowest BCUT2D eigenvalue weighted by molar-refractivity contribution is 0.0303. The zero-order valence-corrected chi connectivity index (χ0v) is 11.1. The molecule has 2 rings (SSSR count). The molecule has 0 amide bonds. The second-order valence-corrected chi connectivity index (χ2v) is 7.27. The molecule has 1 aromatic rings. The fraction of sp³-hybridized carbons (Fsp3) is 0.538. The SMILES string of the molecule is O=S1(=O)CCC(O)(CNCc2ccccc2)CC1. The molecule has 0 atom stereocenters. The summed E-state index contributed by atoms with van der Waals surface area (Å²) < 4.78 is 22.6. The predicted molar refractivity (Wildman–Crippen MR) is 71.0 cm³/mol. The standard InChI is InChI=1S/C13H19NO3S/c15-13(6-8-18(16,17)9-7-13)11-14-10-12-4-2-1-3-5-12/h1-5,14-15H,6-11H2. The smallest absolute Gasteiger partial charge is 0.150 e. The van der Waals surface area contributed by atoms with Crippen LogP contribution in [0.1, 0.15) is 18.4 Å². The van der Waals surface area contributed by atoms with Crippen LogP contribution in [0, 0.1) is 0 Å². The van der Waals surface area contributed by atoms with Gasteiger partial charge in [0.2, 0.25) is 0 Å². The molecule has 0 bridgehead atoms. The molecule has 1 aliphatic rings. The molecule has 0 aromatic heterocycles. The Kier molecular flexibility index (Phi) is 4.04. The van der Waals surface area contributed by atoms with Gasteiger partial charge in [0, 0.05) is 13.1 Å². The van der Waals surface area contributed by atoms with Crippen molar-refractivity contribution in [2.75, 3.05) is 18.1 Å². The highest BCUT2D eigenvalue weighted by Crippen LogP contribution is 2.22. The summed E-state index contributed by atoms with van der Waals surface area (Å²) >= 11 is 0. The highest BCUT2D eigenvalue weighted by Gasteiger charge is 2.34. The zero-order chi connectivity index (χ0) is 13.1. The van der Waals surface area contributed by atoms with Gasteiger partial charge in [-0.1, -0.05) is 30.3 Å². The van der Waals surface area contributed by atoms with Crippen LogP contribution >= 0.6 is 0 Å². The molecule has 5 heteroatoms. The summed E-state index contributed by atoms with van der Waals surface area (Å²) in [4.78, 5) is 0. The third-order valence-electron chi connectivity index (χ3n) is 3.38. The highest BCUT2D eigenvalue weighted by atomic mass is 32.2. The van der Waals surface area contributed by atoms with Crippen LogP contribution in [0.5, 0.6) is 0 Å². The van der Waals surface area contributed by atoms with E-state index in [0.717, 1.165) is 5.56 Å². The van der Waals surface area contributed by atoms with Crippen molar-refractivity contribution in [2.45, 2.75) is 25.0 Å². The van der Waals surface area contributed by atoms with Crippen LogP contribution < -0.4 is 5.32 Å². The van der Waals surface area contributed by atoms with E-state index in [2.05, 4.69) is 5.32 Å². The van der Waals surface area contributed by atoms with Crippen molar-refractivity contribution < 1.29 is 13.5 Å². The summed E-state index contributed by atoms with van der Waals surface area (Å²) in [6.07, 6.45) is 0.661. The molecular weight excluding hydrogens is 250 g/mol. The second-order valence-electron chi connectivity index (χ2n) is 4.97. The van der Waals surface area contributed by atoms with Gasteiger partial charge in [0.25, 0.3) is 0 Å². The Morgan fingerprint density at radius 3 is 2.39 bits per heavy atom. The second kappa shape index (κ2) is 5.38. The maximum atomic E-state index is 11.3. The van der Waals surface area contributed by atoms with Crippen molar-refractivity contribution >= 4 is 9.84 Å². The molecule has 0 saturated carbocycles. The van der Waals surface area contributed by atoms with Gasteiger partial charge in [-0.3, -0.25) is 0 Å². The lowest BCUT2D eigenvalue weighted by Crippen LogP contribution is -2.46. The van der Waals surface area contributed by atoms with E-state index in [9.17, 15) is 13.5 Å². The summed E-state index contributed by atoms with van der Waals surface area (Å²) in [5.74, 6) is 0.188. The van der Waals surface area contributed by atoms with E-state index in [1.165, 1.54) is 0 Å². The van der Waals surface area contributed by atoms with Crippen LogP contribution in [0.4, 0.5) is 0 Å². The third kappa shape index (κ3) is 3.80. The number of nitrogens with one attached hydrogen (secondary N) is 1. The van der Waals surface area contributed by atoms with Gasteiger partial charge in [-0.2, -0.15) is 0 Å². The van der Waals surface area contributed by atoms with Crippen molar-refractivity contribution in [2.24, 2.45) is 0 Å². The van der Waals surface area contributed by atoms with Gasteiger partial charge in [-0.25, -0.2) is 8.42 Å². The molecule has 1 fully saturated rings. The first-order valence-electron chi connectivity index (χ1n) is 6.17. The van der Waals surface area contributed by atoms with Gasteiger partial charge < -0.3 is 10.4 Å². The van der Waals surface area contributed by atoms with Crippen molar-refractivity contribution in [1.29, 1.82) is 0 Å². The normalized spacial score (nSPS) is 21.6. The van der Waals surface area contributed by atoms with Crippen LogP contribution in [0.2, 0.25) is 0 Å². The molecule has 4 nitrogen and oxygen atoms in total. The highest BCUT2D eigenvalue weighted by molar-refractivity contribution is 7.91. The lowest BCUT2D eigenvalue weighted by Gasteiger charge is -2.32. The topological polar surface area (TPSA) is 66.4 Å². The van der Waals surface area contributed by atoms with Crippen molar-refractivity contribution in [3.8, 4) is 0 Å². The monoisotopic (exact) mass is 269 g/mol. The fourth-order valence-electron chi connectivity index (χ4n) is 2.13. The minimum atomic E-state index is -2.92. The number of rotatable bonds is 4. The first kappa shape index (κ1) is 13.5. The van der Waals surface area contributed by atoms with E-state index in [4.69, 9.17) is 0 Å². The Balaban J connectivity index is 1.80. The maximum absolute atomic E-state index is 11.3. The van der Waals surface area contributed by atoms with Crippen LogP contribution in [0.25, 0.3) is 0 Å². The molecule has 100 valence electrons. The van der Waals surface area contributed by atoms with Crippen LogP contribution in [0.15, 0.2) is 30.3 Å². The molecule has 0 unspecified atom stereocenters.